The number of nitrogens with zero attached hydrogens (tertiary/aromatic N) is 6. The molecule has 0 spiro atoms. The average molecular weight is 489 g/mol. The number of methoxy groups -OCH3 is 1. The van der Waals surface area contributed by atoms with Gasteiger partial charge in [0.1, 0.15) is 23.1 Å². The number of rotatable bonds is 4. The summed E-state index contributed by atoms with van der Waals surface area (Å²) in [4.78, 5) is 9.58. The van der Waals surface area contributed by atoms with E-state index in [1.165, 1.54) is 12.1 Å². The van der Waals surface area contributed by atoms with Gasteiger partial charge in [-0.25, -0.2) is 9.37 Å². The summed E-state index contributed by atoms with van der Waals surface area (Å²) >= 11 is 6.38. The van der Waals surface area contributed by atoms with Crippen LogP contribution < -0.4 is 14.5 Å². The molecule has 1 aliphatic rings. The van der Waals surface area contributed by atoms with Crippen LogP contribution in [0.2, 0.25) is 5.02 Å². The van der Waals surface area contributed by atoms with Crippen molar-refractivity contribution in [2.75, 3.05) is 43.1 Å². The molecule has 6 rings (SSSR count). The molecule has 0 N–H and O–H groups in total. The number of fused-ring (bicyclic) bond motifs is 3. The first kappa shape index (κ1) is 21.6. The lowest BCUT2D eigenvalue weighted by Crippen LogP contribution is -2.47. The standard InChI is InChI=1S/C26H22ClFN6O/c1-35-23-8-3-2-7-22(23)32-11-13-33(14-12-32)25-20-16-18(27)9-10-21(20)34-26(29-25)24(30-31-34)17-5-4-6-19(28)15-17/h2-10,15-16H,11-14H2,1H3. The zero-order valence-electron chi connectivity index (χ0n) is 19.0. The molecule has 0 saturated carbocycles. The van der Waals surface area contributed by atoms with Gasteiger partial charge in [0.15, 0.2) is 5.65 Å². The minimum atomic E-state index is -0.330. The van der Waals surface area contributed by atoms with Crippen molar-refractivity contribution in [3.8, 4) is 17.0 Å². The highest BCUT2D eigenvalue weighted by molar-refractivity contribution is 6.31. The smallest absolute Gasteiger partial charge is 0.186 e. The first-order valence-corrected chi connectivity index (χ1v) is 11.7. The third-order valence-electron chi connectivity index (χ3n) is 6.39. The van der Waals surface area contributed by atoms with Gasteiger partial charge in [-0.05, 0) is 42.5 Å². The van der Waals surface area contributed by atoms with Crippen LogP contribution in [0.3, 0.4) is 0 Å². The lowest BCUT2D eigenvalue weighted by molar-refractivity contribution is 0.413. The molecule has 3 aromatic carbocycles. The lowest BCUT2D eigenvalue weighted by Gasteiger charge is -2.37. The molecule has 7 nitrogen and oxygen atoms in total. The Kier molecular flexibility index (Phi) is 5.37. The van der Waals surface area contributed by atoms with Crippen molar-refractivity contribution in [2.24, 2.45) is 0 Å². The number of hydrogen-bond donors (Lipinski definition) is 0. The van der Waals surface area contributed by atoms with Gasteiger partial charge in [0.05, 0.1) is 18.3 Å². The molecule has 9 heteroatoms. The summed E-state index contributed by atoms with van der Waals surface area (Å²) in [5.74, 6) is 1.35. The van der Waals surface area contributed by atoms with E-state index in [1.54, 1.807) is 17.7 Å². The van der Waals surface area contributed by atoms with Crippen molar-refractivity contribution in [1.82, 2.24) is 19.8 Å². The molecule has 1 saturated heterocycles. The van der Waals surface area contributed by atoms with Gasteiger partial charge in [0, 0.05) is 42.2 Å². The third kappa shape index (κ3) is 3.80. The molecule has 0 amide bonds. The number of para-hydroxylation sites is 2. The maximum atomic E-state index is 13.9. The van der Waals surface area contributed by atoms with E-state index < -0.39 is 0 Å². The molecule has 176 valence electrons. The SMILES string of the molecule is COc1ccccc1N1CCN(c2nc3c(-c4cccc(F)c4)nnn3c3ccc(Cl)cc23)CC1. The predicted molar refractivity (Wildman–Crippen MR) is 136 cm³/mol. The lowest BCUT2D eigenvalue weighted by atomic mass is 10.1. The highest BCUT2D eigenvalue weighted by Crippen LogP contribution is 2.34. The first-order valence-electron chi connectivity index (χ1n) is 11.4. The fourth-order valence-corrected chi connectivity index (χ4v) is 4.86. The van der Waals surface area contributed by atoms with E-state index in [4.69, 9.17) is 21.3 Å². The van der Waals surface area contributed by atoms with Gasteiger partial charge in [-0.3, -0.25) is 0 Å². The fraction of sp³-hybridized carbons (Fsp3) is 0.192. The summed E-state index contributed by atoms with van der Waals surface area (Å²) in [5.41, 5.74) is 3.67. The number of benzene rings is 3. The first-order chi connectivity index (χ1) is 17.1. The van der Waals surface area contributed by atoms with Crippen LogP contribution in [0.1, 0.15) is 0 Å². The van der Waals surface area contributed by atoms with Crippen LogP contribution in [0, 0.1) is 5.82 Å². The van der Waals surface area contributed by atoms with Gasteiger partial charge in [-0.2, -0.15) is 4.52 Å². The Morgan fingerprint density at radius 1 is 0.914 bits per heavy atom. The Morgan fingerprint density at radius 3 is 2.51 bits per heavy atom. The summed E-state index contributed by atoms with van der Waals surface area (Å²) in [6, 6.07) is 20.1. The summed E-state index contributed by atoms with van der Waals surface area (Å²) in [6.07, 6.45) is 0. The molecule has 1 fully saturated rings. The summed E-state index contributed by atoms with van der Waals surface area (Å²) in [5, 5.41) is 10.2. The molecule has 5 aromatic rings. The summed E-state index contributed by atoms with van der Waals surface area (Å²) in [7, 11) is 1.69. The molecule has 0 atom stereocenters. The van der Waals surface area contributed by atoms with Gasteiger partial charge < -0.3 is 14.5 Å². The summed E-state index contributed by atoms with van der Waals surface area (Å²) < 4.78 is 21.2. The number of aromatic nitrogens is 4. The number of anilines is 2. The predicted octanol–water partition coefficient (Wildman–Crippen LogP) is 5.07. The van der Waals surface area contributed by atoms with Crippen molar-refractivity contribution in [3.05, 3.63) is 77.6 Å². The van der Waals surface area contributed by atoms with E-state index in [9.17, 15) is 4.39 Å². The van der Waals surface area contributed by atoms with Crippen molar-refractivity contribution < 1.29 is 9.13 Å². The average Bonchev–Trinajstić information content (AvgIpc) is 3.32. The number of halogens is 2. The van der Waals surface area contributed by atoms with Crippen molar-refractivity contribution in [1.29, 1.82) is 0 Å². The van der Waals surface area contributed by atoms with Gasteiger partial charge in [-0.1, -0.05) is 41.1 Å². The molecule has 3 heterocycles. The van der Waals surface area contributed by atoms with Crippen LogP contribution in [0.5, 0.6) is 5.75 Å². The van der Waals surface area contributed by atoms with Gasteiger partial charge in [0.25, 0.3) is 0 Å². The van der Waals surface area contributed by atoms with Gasteiger partial charge >= 0.3 is 0 Å². The second-order valence-electron chi connectivity index (χ2n) is 8.43. The molecule has 2 aromatic heterocycles. The number of ether oxygens (including phenoxy) is 1. The molecule has 0 unspecified atom stereocenters. The fourth-order valence-electron chi connectivity index (χ4n) is 4.69. The van der Waals surface area contributed by atoms with E-state index in [0.29, 0.717) is 21.9 Å². The minimum absolute atomic E-state index is 0.330. The molecular weight excluding hydrogens is 467 g/mol. The molecular formula is C26H22ClFN6O. The number of piperazine rings is 1. The van der Waals surface area contributed by atoms with E-state index >= 15 is 0 Å². The van der Waals surface area contributed by atoms with Crippen molar-refractivity contribution >= 4 is 39.7 Å². The minimum Gasteiger partial charge on any atom is -0.495 e. The molecule has 0 bridgehead atoms. The van der Waals surface area contributed by atoms with E-state index in [0.717, 1.165) is 54.3 Å². The van der Waals surface area contributed by atoms with Gasteiger partial charge in [0.2, 0.25) is 0 Å². The topological polar surface area (TPSA) is 58.8 Å². The monoisotopic (exact) mass is 488 g/mol. The summed E-state index contributed by atoms with van der Waals surface area (Å²) in [6.45, 7) is 3.15. The zero-order chi connectivity index (χ0) is 23.9. The largest absolute Gasteiger partial charge is 0.495 e. The zero-order valence-corrected chi connectivity index (χ0v) is 19.8. The second kappa shape index (κ2) is 8.70. The van der Waals surface area contributed by atoms with E-state index in [-0.39, 0.29) is 5.82 Å². The highest BCUT2D eigenvalue weighted by atomic mass is 35.5. The quantitative estimate of drug-likeness (QED) is 0.352. The van der Waals surface area contributed by atoms with E-state index in [2.05, 4.69) is 26.2 Å². The van der Waals surface area contributed by atoms with Crippen LogP contribution in [-0.4, -0.2) is 53.1 Å². The molecule has 35 heavy (non-hydrogen) atoms. The van der Waals surface area contributed by atoms with E-state index in [1.807, 2.05) is 42.5 Å². The number of hydrogen-bond acceptors (Lipinski definition) is 6. The normalized spacial score (nSPS) is 14.1. The van der Waals surface area contributed by atoms with Crippen LogP contribution >= 0.6 is 11.6 Å². The van der Waals surface area contributed by atoms with Crippen LogP contribution in [-0.2, 0) is 0 Å². The molecule has 0 radical (unpaired) electrons. The Labute approximate surface area is 206 Å². The van der Waals surface area contributed by atoms with Crippen molar-refractivity contribution in [2.45, 2.75) is 0 Å². The second-order valence-corrected chi connectivity index (χ2v) is 8.86. The highest BCUT2D eigenvalue weighted by Gasteiger charge is 2.24. The van der Waals surface area contributed by atoms with Crippen LogP contribution in [0.25, 0.3) is 27.8 Å². The Bertz CT molecular complexity index is 1550. The maximum Gasteiger partial charge on any atom is 0.186 e. The molecule has 0 aliphatic carbocycles. The van der Waals surface area contributed by atoms with Crippen LogP contribution in [0.15, 0.2) is 66.7 Å². The Hall–Kier alpha value is -3.91. The molecule has 1 aliphatic heterocycles. The Morgan fingerprint density at radius 2 is 1.71 bits per heavy atom. The Balaban J connectivity index is 1.42. The van der Waals surface area contributed by atoms with Gasteiger partial charge in [-0.15, -0.1) is 5.10 Å². The van der Waals surface area contributed by atoms with Crippen LogP contribution in [0.4, 0.5) is 15.9 Å². The van der Waals surface area contributed by atoms with Crippen molar-refractivity contribution in [3.63, 3.8) is 0 Å². The maximum absolute atomic E-state index is 13.9. The third-order valence-corrected chi connectivity index (χ3v) is 6.62.